The van der Waals surface area contributed by atoms with Gasteiger partial charge in [-0.05, 0) is 13.0 Å². The summed E-state index contributed by atoms with van der Waals surface area (Å²) < 4.78 is 15.2. The van der Waals surface area contributed by atoms with Crippen molar-refractivity contribution in [1.29, 1.82) is 0 Å². The standard InChI is InChI=1S/C13H14FN3O/c1-9-7-13(15-10(2)18)16-17(9)8-11-5-3-4-6-12(11)14/h3-7H,8H2,1-2H3,(H,15,16,18). The summed E-state index contributed by atoms with van der Waals surface area (Å²) in [7, 11) is 0. The van der Waals surface area contributed by atoms with Gasteiger partial charge in [0.25, 0.3) is 0 Å². The molecule has 0 bridgehead atoms. The Labute approximate surface area is 104 Å². The van der Waals surface area contributed by atoms with Crippen molar-refractivity contribution in [2.24, 2.45) is 0 Å². The quantitative estimate of drug-likeness (QED) is 0.904. The number of anilines is 1. The number of amides is 1. The molecule has 1 aromatic carbocycles. The van der Waals surface area contributed by atoms with E-state index in [0.717, 1.165) is 5.69 Å². The van der Waals surface area contributed by atoms with Crippen LogP contribution in [0.3, 0.4) is 0 Å². The summed E-state index contributed by atoms with van der Waals surface area (Å²) in [5, 5.41) is 6.81. The summed E-state index contributed by atoms with van der Waals surface area (Å²) in [4.78, 5) is 10.9. The predicted octanol–water partition coefficient (Wildman–Crippen LogP) is 2.34. The highest BCUT2D eigenvalue weighted by atomic mass is 19.1. The average Bonchev–Trinajstić information content (AvgIpc) is 2.61. The third-order valence-electron chi connectivity index (χ3n) is 2.56. The monoisotopic (exact) mass is 247 g/mol. The third-order valence-corrected chi connectivity index (χ3v) is 2.56. The molecule has 0 aliphatic carbocycles. The van der Waals surface area contributed by atoms with Crippen molar-refractivity contribution in [3.05, 3.63) is 47.4 Å². The minimum absolute atomic E-state index is 0.175. The Morgan fingerprint density at radius 1 is 1.44 bits per heavy atom. The first-order valence-electron chi connectivity index (χ1n) is 5.61. The van der Waals surface area contributed by atoms with Crippen molar-refractivity contribution in [2.45, 2.75) is 20.4 Å². The van der Waals surface area contributed by atoms with Crippen LogP contribution >= 0.6 is 0 Å². The molecule has 0 unspecified atom stereocenters. The van der Waals surface area contributed by atoms with Crippen LogP contribution in [-0.4, -0.2) is 15.7 Å². The summed E-state index contributed by atoms with van der Waals surface area (Å²) in [5.41, 5.74) is 1.43. The van der Waals surface area contributed by atoms with Crippen LogP contribution in [-0.2, 0) is 11.3 Å². The Kier molecular flexibility index (Phi) is 3.41. The van der Waals surface area contributed by atoms with Gasteiger partial charge in [0.05, 0.1) is 6.54 Å². The lowest BCUT2D eigenvalue weighted by atomic mass is 10.2. The summed E-state index contributed by atoms with van der Waals surface area (Å²) in [6.45, 7) is 3.63. The SMILES string of the molecule is CC(=O)Nc1cc(C)n(Cc2ccccc2F)n1. The van der Waals surface area contributed by atoms with E-state index in [4.69, 9.17) is 0 Å². The number of hydrogen-bond donors (Lipinski definition) is 1. The summed E-state index contributed by atoms with van der Waals surface area (Å²) in [6.07, 6.45) is 0. The van der Waals surface area contributed by atoms with E-state index in [2.05, 4.69) is 10.4 Å². The van der Waals surface area contributed by atoms with Crippen LogP contribution in [0.4, 0.5) is 10.2 Å². The fraction of sp³-hybridized carbons (Fsp3) is 0.231. The molecule has 1 heterocycles. The summed E-state index contributed by atoms with van der Waals surface area (Å²) in [5.74, 6) is 0.0513. The maximum absolute atomic E-state index is 13.5. The van der Waals surface area contributed by atoms with E-state index >= 15 is 0 Å². The second kappa shape index (κ2) is 5.00. The van der Waals surface area contributed by atoms with Crippen LogP contribution in [0.1, 0.15) is 18.2 Å². The maximum atomic E-state index is 13.5. The zero-order chi connectivity index (χ0) is 13.1. The fourth-order valence-corrected chi connectivity index (χ4v) is 1.70. The zero-order valence-electron chi connectivity index (χ0n) is 10.3. The molecular weight excluding hydrogens is 233 g/mol. The lowest BCUT2D eigenvalue weighted by Crippen LogP contribution is -2.08. The Balaban J connectivity index is 2.22. The van der Waals surface area contributed by atoms with Gasteiger partial charge in [-0.25, -0.2) is 4.39 Å². The predicted molar refractivity (Wildman–Crippen MR) is 66.8 cm³/mol. The number of benzene rings is 1. The first kappa shape index (κ1) is 12.3. The van der Waals surface area contributed by atoms with E-state index in [9.17, 15) is 9.18 Å². The maximum Gasteiger partial charge on any atom is 0.222 e. The Morgan fingerprint density at radius 3 is 2.83 bits per heavy atom. The van der Waals surface area contributed by atoms with Gasteiger partial charge in [0.15, 0.2) is 5.82 Å². The van der Waals surface area contributed by atoms with Gasteiger partial charge in [-0.2, -0.15) is 5.10 Å². The molecule has 0 radical (unpaired) electrons. The molecule has 4 nitrogen and oxygen atoms in total. The van der Waals surface area contributed by atoms with Crippen molar-refractivity contribution in [3.8, 4) is 0 Å². The van der Waals surface area contributed by atoms with Crippen molar-refractivity contribution in [1.82, 2.24) is 9.78 Å². The van der Waals surface area contributed by atoms with Crippen molar-refractivity contribution < 1.29 is 9.18 Å². The molecule has 0 spiro atoms. The highest BCUT2D eigenvalue weighted by Crippen LogP contribution is 2.13. The fourth-order valence-electron chi connectivity index (χ4n) is 1.70. The molecule has 18 heavy (non-hydrogen) atoms. The molecule has 2 aromatic rings. The minimum atomic E-state index is -0.256. The Hall–Kier alpha value is -2.17. The molecule has 0 saturated heterocycles. The van der Waals surface area contributed by atoms with Crippen molar-refractivity contribution >= 4 is 11.7 Å². The molecule has 94 valence electrons. The van der Waals surface area contributed by atoms with Gasteiger partial charge in [0.1, 0.15) is 5.82 Å². The second-order valence-electron chi connectivity index (χ2n) is 4.10. The van der Waals surface area contributed by atoms with Gasteiger partial charge in [-0.15, -0.1) is 0 Å². The highest BCUT2D eigenvalue weighted by molar-refractivity contribution is 5.87. The number of nitrogens with one attached hydrogen (secondary N) is 1. The van der Waals surface area contributed by atoms with Gasteiger partial charge in [0.2, 0.25) is 5.91 Å². The normalized spacial score (nSPS) is 10.4. The van der Waals surface area contributed by atoms with Crippen molar-refractivity contribution in [2.75, 3.05) is 5.32 Å². The van der Waals surface area contributed by atoms with E-state index in [0.29, 0.717) is 17.9 Å². The first-order valence-corrected chi connectivity index (χ1v) is 5.61. The second-order valence-corrected chi connectivity index (χ2v) is 4.10. The average molecular weight is 247 g/mol. The number of carbonyl (C=O) groups is 1. The van der Waals surface area contributed by atoms with E-state index < -0.39 is 0 Å². The number of nitrogens with zero attached hydrogens (tertiary/aromatic N) is 2. The number of carbonyl (C=O) groups excluding carboxylic acids is 1. The van der Waals surface area contributed by atoms with Crippen LogP contribution in [0.5, 0.6) is 0 Å². The van der Waals surface area contributed by atoms with E-state index in [1.54, 1.807) is 28.9 Å². The number of hydrogen-bond acceptors (Lipinski definition) is 2. The molecular formula is C13H14FN3O. The van der Waals surface area contributed by atoms with Crippen LogP contribution in [0.15, 0.2) is 30.3 Å². The number of aromatic nitrogens is 2. The molecule has 2 rings (SSSR count). The molecule has 0 atom stereocenters. The van der Waals surface area contributed by atoms with E-state index in [1.807, 2.05) is 6.92 Å². The van der Waals surface area contributed by atoms with Crippen LogP contribution in [0, 0.1) is 12.7 Å². The van der Waals surface area contributed by atoms with Gasteiger partial charge in [0, 0.05) is 24.2 Å². The molecule has 1 aromatic heterocycles. The largest absolute Gasteiger partial charge is 0.309 e. The van der Waals surface area contributed by atoms with E-state index in [1.165, 1.54) is 13.0 Å². The topological polar surface area (TPSA) is 46.9 Å². The smallest absolute Gasteiger partial charge is 0.222 e. The molecule has 0 aliphatic heterocycles. The van der Waals surface area contributed by atoms with Gasteiger partial charge >= 0.3 is 0 Å². The zero-order valence-corrected chi connectivity index (χ0v) is 10.3. The van der Waals surface area contributed by atoms with Crippen LogP contribution in [0.2, 0.25) is 0 Å². The molecule has 5 heteroatoms. The summed E-state index contributed by atoms with van der Waals surface area (Å²) >= 11 is 0. The van der Waals surface area contributed by atoms with Crippen LogP contribution in [0.25, 0.3) is 0 Å². The third kappa shape index (κ3) is 2.74. The first-order chi connectivity index (χ1) is 8.56. The highest BCUT2D eigenvalue weighted by Gasteiger charge is 2.08. The lowest BCUT2D eigenvalue weighted by molar-refractivity contribution is -0.114. The molecule has 1 amide bonds. The van der Waals surface area contributed by atoms with Crippen LogP contribution < -0.4 is 5.32 Å². The Bertz CT molecular complexity index is 577. The molecule has 1 N–H and O–H groups in total. The van der Waals surface area contributed by atoms with Crippen molar-refractivity contribution in [3.63, 3.8) is 0 Å². The van der Waals surface area contributed by atoms with Gasteiger partial charge < -0.3 is 5.32 Å². The molecule has 0 aliphatic rings. The minimum Gasteiger partial charge on any atom is -0.309 e. The summed E-state index contributed by atoms with van der Waals surface area (Å²) in [6, 6.07) is 8.32. The van der Waals surface area contributed by atoms with E-state index in [-0.39, 0.29) is 11.7 Å². The number of aryl methyl sites for hydroxylation is 1. The van der Waals surface area contributed by atoms with Gasteiger partial charge in [-0.3, -0.25) is 9.48 Å². The number of halogens is 1. The molecule has 0 saturated carbocycles. The molecule has 0 fully saturated rings. The Morgan fingerprint density at radius 2 is 2.17 bits per heavy atom. The van der Waals surface area contributed by atoms with Gasteiger partial charge in [-0.1, -0.05) is 18.2 Å². The lowest BCUT2D eigenvalue weighted by Gasteiger charge is -2.05. The number of rotatable bonds is 3.